The smallest absolute Gasteiger partial charge is 0.339 e. The summed E-state index contributed by atoms with van der Waals surface area (Å²) in [4.78, 5) is 0.207. The molecule has 0 saturated heterocycles. The van der Waals surface area contributed by atoms with Crippen LogP contribution in [-0.4, -0.2) is 21.4 Å². The van der Waals surface area contributed by atoms with Gasteiger partial charge in [-0.1, -0.05) is 75.6 Å². The highest BCUT2D eigenvalue weighted by atomic mass is 32.2. The van der Waals surface area contributed by atoms with Gasteiger partial charge in [0.05, 0.1) is 4.90 Å². The van der Waals surface area contributed by atoms with Crippen LogP contribution in [0.4, 0.5) is 0 Å². The summed E-state index contributed by atoms with van der Waals surface area (Å²) in [7, 11) is -8.74. The average Bonchev–Trinajstić information content (AvgIpc) is 2.97. The first-order chi connectivity index (χ1) is 20.2. The molecule has 2 fully saturated rings. The molecule has 0 atom stereocenters. The van der Waals surface area contributed by atoms with Crippen molar-refractivity contribution in [3.8, 4) is 5.75 Å². The van der Waals surface area contributed by atoms with Gasteiger partial charge < -0.3 is 4.18 Å². The van der Waals surface area contributed by atoms with Gasteiger partial charge in [-0.2, -0.15) is 16.8 Å². The molecule has 226 valence electrons. The summed E-state index contributed by atoms with van der Waals surface area (Å²) in [6.07, 6.45) is 15.0. The number of hydrogen-bond donors (Lipinski definition) is 1. The number of fused-ring (bicyclic) bond motifs is 2. The summed E-state index contributed by atoms with van der Waals surface area (Å²) in [6, 6.07) is 13.0. The van der Waals surface area contributed by atoms with Crippen molar-refractivity contribution in [3.05, 3.63) is 64.7 Å². The molecule has 3 aliphatic carbocycles. The summed E-state index contributed by atoms with van der Waals surface area (Å²) in [5, 5.41) is 2.07. The van der Waals surface area contributed by atoms with E-state index in [0.717, 1.165) is 98.9 Å². The lowest BCUT2D eigenvalue weighted by molar-refractivity contribution is 0.421. The van der Waals surface area contributed by atoms with E-state index in [4.69, 9.17) is 4.18 Å². The first kappa shape index (κ1) is 29.6. The quantitative estimate of drug-likeness (QED) is 0.222. The lowest BCUT2D eigenvalue weighted by atomic mass is 9.78. The summed E-state index contributed by atoms with van der Waals surface area (Å²) in [6.45, 7) is 0. The molecule has 0 aliphatic heterocycles. The lowest BCUT2D eigenvalue weighted by Gasteiger charge is -2.31. The van der Waals surface area contributed by atoms with Crippen LogP contribution in [-0.2, 0) is 33.1 Å². The van der Waals surface area contributed by atoms with E-state index in [0.29, 0.717) is 28.9 Å². The fourth-order valence-electron chi connectivity index (χ4n) is 7.81. The predicted octanol–water partition coefficient (Wildman–Crippen LogP) is 8.61. The van der Waals surface area contributed by atoms with Crippen molar-refractivity contribution in [3.63, 3.8) is 0 Å². The van der Waals surface area contributed by atoms with E-state index in [1.807, 2.05) is 12.1 Å². The van der Waals surface area contributed by atoms with Crippen LogP contribution in [0, 0.1) is 0 Å². The maximum Gasteiger partial charge on any atom is 0.339 e. The van der Waals surface area contributed by atoms with Crippen molar-refractivity contribution in [2.24, 2.45) is 0 Å². The molecule has 1 N–H and O–H groups in total. The van der Waals surface area contributed by atoms with Crippen LogP contribution in [0.25, 0.3) is 10.8 Å². The fraction of sp³-hybridized carbons (Fsp3) is 0.529. The van der Waals surface area contributed by atoms with Gasteiger partial charge in [0.25, 0.3) is 10.1 Å². The van der Waals surface area contributed by atoms with E-state index in [-0.39, 0.29) is 22.5 Å². The van der Waals surface area contributed by atoms with E-state index in [2.05, 4.69) is 18.2 Å². The first-order valence-electron chi connectivity index (χ1n) is 15.9. The Balaban J connectivity index is 1.55. The van der Waals surface area contributed by atoms with E-state index in [9.17, 15) is 21.4 Å². The van der Waals surface area contributed by atoms with Crippen molar-refractivity contribution < 1.29 is 25.6 Å². The zero-order valence-electron chi connectivity index (χ0n) is 24.3. The molecular formula is C34H42O6S2. The summed E-state index contributed by atoms with van der Waals surface area (Å²) < 4.78 is 70.1. The predicted molar refractivity (Wildman–Crippen MR) is 166 cm³/mol. The maximum atomic E-state index is 14.7. The third-order valence-electron chi connectivity index (χ3n) is 9.80. The van der Waals surface area contributed by atoms with Crippen molar-refractivity contribution in [1.82, 2.24) is 0 Å². The van der Waals surface area contributed by atoms with Gasteiger partial charge in [0.2, 0.25) is 0 Å². The molecule has 8 heteroatoms. The maximum absolute atomic E-state index is 14.7. The minimum absolute atomic E-state index is 0.138. The van der Waals surface area contributed by atoms with Crippen LogP contribution >= 0.6 is 0 Å². The number of hydrogen-bond acceptors (Lipinski definition) is 5. The van der Waals surface area contributed by atoms with Gasteiger partial charge in [-0.15, -0.1) is 0 Å². The Morgan fingerprint density at radius 3 is 1.93 bits per heavy atom. The van der Waals surface area contributed by atoms with Gasteiger partial charge in [-0.05, 0) is 109 Å². The van der Waals surface area contributed by atoms with Crippen LogP contribution in [0.2, 0.25) is 0 Å². The molecule has 0 unspecified atom stereocenters. The van der Waals surface area contributed by atoms with Gasteiger partial charge in [-0.25, -0.2) is 0 Å². The Hall–Kier alpha value is -2.42. The Morgan fingerprint density at radius 2 is 1.26 bits per heavy atom. The monoisotopic (exact) mass is 610 g/mol. The lowest BCUT2D eigenvalue weighted by Crippen LogP contribution is -2.21. The Bertz CT molecular complexity index is 1660. The molecule has 0 bridgehead atoms. The Kier molecular flexibility index (Phi) is 8.67. The van der Waals surface area contributed by atoms with E-state index >= 15 is 0 Å². The molecule has 0 aromatic heterocycles. The van der Waals surface area contributed by atoms with Gasteiger partial charge in [-0.3, -0.25) is 4.55 Å². The standard InChI is InChI=1S/C34H42O6S2/c35-41(36,37)32-22-21-31(28-19-9-1-2-10-20-29(28)32)40-42(38,39)34-30(24-13-5-3-6-14-24)23-26-17-11-12-18-27(26)33(34)25-15-7-4-8-16-25/h11-12,17-18,21-25H,1-10,13-16,19-20H2,(H,35,36,37). The van der Waals surface area contributed by atoms with Gasteiger partial charge in [0.15, 0.2) is 0 Å². The summed E-state index contributed by atoms with van der Waals surface area (Å²) >= 11 is 0. The molecule has 3 aromatic carbocycles. The zero-order valence-corrected chi connectivity index (χ0v) is 25.9. The van der Waals surface area contributed by atoms with E-state index in [1.54, 1.807) is 0 Å². The third kappa shape index (κ3) is 6.00. The molecule has 0 spiro atoms. The fourth-order valence-corrected chi connectivity index (χ4v) is 10.1. The van der Waals surface area contributed by atoms with Crippen LogP contribution in [0.15, 0.2) is 52.3 Å². The van der Waals surface area contributed by atoms with Crippen LogP contribution in [0.3, 0.4) is 0 Å². The largest absolute Gasteiger partial charge is 0.379 e. The highest BCUT2D eigenvalue weighted by molar-refractivity contribution is 7.87. The molecule has 3 aromatic rings. The molecule has 42 heavy (non-hydrogen) atoms. The number of rotatable bonds is 6. The summed E-state index contributed by atoms with van der Waals surface area (Å²) in [5.74, 6) is 0.487. The SMILES string of the molecule is O=S(=O)(O)c1ccc(OS(=O)(=O)c2c(C3CCCCC3)cc3ccccc3c2C2CCCCC2)c2c1CCCCCC2. The summed E-state index contributed by atoms with van der Waals surface area (Å²) in [5.41, 5.74) is 2.87. The topological polar surface area (TPSA) is 97.7 Å². The van der Waals surface area contributed by atoms with Crippen molar-refractivity contribution in [1.29, 1.82) is 0 Å². The molecule has 0 heterocycles. The number of benzene rings is 3. The van der Waals surface area contributed by atoms with Crippen molar-refractivity contribution in [2.75, 3.05) is 0 Å². The highest BCUT2D eigenvalue weighted by Gasteiger charge is 2.35. The molecule has 0 amide bonds. The van der Waals surface area contributed by atoms with E-state index < -0.39 is 20.2 Å². The first-order valence-corrected chi connectivity index (χ1v) is 18.7. The normalized spacial score (nSPS) is 19.6. The van der Waals surface area contributed by atoms with E-state index in [1.165, 1.54) is 25.0 Å². The van der Waals surface area contributed by atoms with Crippen molar-refractivity contribution >= 4 is 31.0 Å². The molecule has 6 rings (SSSR count). The van der Waals surface area contributed by atoms with Crippen LogP contribution in [0.5, 0.6) is 5.75 Å². The minimum atomic E-state index is -4.46. The zero-order chi connectivity index (χ0) is 29.3. The molecule has 2 saturated carbocycles. The highest BCUT2D eigenvalue weighted by Crippen LogP contribution is 2.47. The van der Waals surface area contributed by atoms with Gasteiger partial charge in [0.1, 0.15) is 10.6 Å². The second kappa shape index (κ2) is 12.3. The van der Waals surface area contributed by atoms with Crippen LogP contribution < -0.4 is 4.18 Å². The molecule has 6 nitrogen and oxygen atoms in total. The van der Waals surface area contributed by atoms with Gasteiger partial charge >= 0.3 is 10.1 Å². The molecule has 0 radical (unpaired) electrons. The van der Waals surface area contributed by atoms with Gasteiger partial charge in [0, 0.05) is 5.56 Å². The van der Waals surface area contributed by atoms with Crippen molar-refractivity contribution in [2.45, 2.75) is 124 Å². The molecular weight excluding hydrogens is 569 g/mol. The van der Waals surface area contributed by atoms with Crippen LogP contribution in [0.1, 0.15) is 124 Å². The average molecular weight is 611 g/mol. The molecule has 3 aliphatic rings. The second-order valence-electron chi connectivity index (χ2n) is 12.5. The second-order valence-corrected chi connectivity index (χ2v) is 15.4. The Morgan fingerprint density at radius 1 is 0.667 bits per heavy atom. The minimum Gasteiger partial charge on any atom is -0.379 e. The third-order valence-corrected chi connectivity index (χ3v) is 12.1. The Labute approximate surface area is 250 Å².